The van der Waals surface area contributed by atoms with Crippen molar-refractivity contribution in [2.24, 2.45) is 0 Å². The van der Waals surface area contributed by atoms with Gasteiger partial charge >= 0.3 is 0 Å². The summed E-state index contributed by atoms with van der Waals surface area (Å²) in [6, 6.07) is 14.4. The fourth-order valence-electron chi connectivity index (χ4n) is 2.97. The summed E-state index contributed by atoms with van der Waals surface area (Å²) in [6.45, 7) is -0.249. The molecule has 174 valence electrons. The molecular weight excluding hydrogens is 516 g/mol. The van der Waals surface area contributed by atoms with E-state index in [-0.39, 0.29) is 18.4 Å². The lowest BCUT2D eigenvalue weighted by atomic mass is 10.2. The number of nitrogens with one attached hydrogen (secondary N) is 1. The third-order valence-electron chi connectivity index (χ3n) is 4.48. The molecule has 0 bridgehead atoms. The highest BCUT2D eigenvalue weighted by atomic mass is 35.5. The van der Waals surface area contributed by atoms with Crippen LogP contribution in [-0.2, 0) is 15.5 Å². The first-order chi connectivity index (χ1) is 16.5. The Hall–Kier alpha value is -2.99. The van der Waals surface area contributed by atoms with Crippen LogP contribution in [0.25, 0.3) is 6.08 Å². The van der Waals surface area contributed by atoms with Gasteiger partial charge in [-0.1, -0.05) is 59.6 Å². The molecule has 0 atom stereocenters. The van der Waals surface area contributed by atoms with Crippen LogP contribution in [0.15, 0.2) is 53.4 Å². The number of anilines is 2. The number of para-hydroxylation sites is 1. The van der Waals surface area contributed by atoms with Crippen molar-refractivity contribution in [2.45, 2.75) is 5.88 Å². The van der Waals surface area contributed by atoms with Crippen LogP contribution in [0.1, 0.15) is 10.6 Å². The molecule has 0 unspecified atom stereocenters. The molecule has 1 aliphatic heterocycles. The van der Waals surface area contributed by atoms with E-state index in [1.807, 2.05) is 30.3 Å². The second-order valence-corrected chi connectivity index (χ2v) is 9.74. The van der Waals surface area contributed by atoms with Gasteiger partial charge in [-0.2, -0.15) is 0 Å². The van der Waals surface area contributed by atoms with Crippen molar-refractivity contribution < 1.29 is 19.1 Å². The maximum Gasteiger partial charge on any atom is 0.270 e. The minimum atomic E-state index is -0.395. The van der Waals surface area contributed by atoms with Crippen LogP contribution in [0.3, 0.4) is 0 Å². The highest BCUT2D eigenvalue weighted by molar-refractivity contribution is 8.27. The number of thiocarbonyl (C=S) groups is 1. The van der Waals surface area contributed by atoms with Gasteiger partial charge in [0.15, 0.2) is 22.4 Å². The van der Waals surface area contributed by atoms with Crippen molar-refractivity contribution in [3.63, 3.8) is 0 Å². The predicted octanol–water partition coefficient (Wildman–Crippen LogP) is 4.71. The van der Waals surface area contributed by atoms with E-state index in [9.17, 15) is 9.59 Å². The Kier molecular flexibility index (Phi) is 7.78. The van der Waals surface area contributed by atoms with Gasteiger partial charge in [-0.25, -0.2) is 0 Å². The molecule has 1 saturated heterocycles. The zero-order valence-corrected chi connectivity index (χ0v) is 20.9. The van der Waals surface area contributed by atoms with Gasteiger partial charge < -0.3 is 9.47 Å². The van der Waals surface area contributed by atoms with E-state index in [1.54, 1.807) is 24.3 Å². The van der Waals surface area contributed by atoms with Gasteiger partial charge in [0.1, 0.15) is 5.01 Å². The minimum Gasteiger partial charge on any atom is -0.493 e. The van der Waals surface area contributed by atoms with Gasteiger partial charge in [-0.3, -0.25) is 19.8 Å². The number of methoxy groups -OCH3 is 1. The molecule has 34 heavy (non-hydrogen) atoms. The number of aromatic nitrogens is 2. The molecule has 0 aliphatic carbocycles. The summed E-state index contributed by atoms with van der Waals surface area (Å²) in [4.78, 5) is 27.1. The molecule has 12 heteroatoms. The maximum absolute atomic E-state index is 12.9. The molecule has 1 aliphatic rings. The largest absolute Gasteiger partial charge is 0.493 e. The monoisotopic (exact) mass is 532 g/mol. The van der Waals surface area contributed by atoms with Crippen molar-refractivity contribution >= 4 is 79.9 Å². The molecule has 1 N–H and O–H groups in total. The molecular formula is C22H17ClN4O4S3. The molecule has 0 saturated carbocycles. The molecule has 4 rings (SSSR count). The summed E-state index contributed by atoms with van der Waals surface area (Å²) in [5, 5.41) is 11.2. The van der Waals surface area contributed by atoms with E-state index in [0.717, 1.165) is 11.3 Å². The van der Waals surface area contributed by atoms with E-state index >= 15 is 0 Å². The van der Waals surface area contributed by atoms with E-state index in [0.29, 0.717) is 30.9 Å². The van der Waals surface area contributed by atoms with E-state index < -0.39 is 5.91 Å². The van der Waals surface area contributed by atoms with Gasteiger partial charge in [0.2, 0.25) is 5.13 Å². The second kappa shape index (κ2) is 11.0. The summed E-state index contributed by atoms with van der Waals surface area (Å²) in [7, 11) is 1.50. The van der Waals surface area contributed by atoms with Gasteiger partial charge in [-0.15, -0.1) is 21.8 Å². The Labute approximate surface area is 213 Å². The Morgan fingerprint density at radius 2 is 2.00 bits per heavy atom. The molecule has 2 heterocycles. The predicted molar refractivity (Wildman–Crippen MR) is 139 cm³/mol. The fourth-order valence-corrected chi connectivity index (χ4v) is 5.09. The lowest BCUT2D eigenvalue weighted by molar-refractivity contribution is -0.118. The fraction of sp³-hybridized carbons (Fsp3) is 0.136. The third kappa shape index (κ3) is 5.55. The molecule has 1 aromatic heterocycles. The average molecular weight is 533 g/mol. The summed E-state index contributed by atoms with van der Waals surface area (Å²) in [6.07, 6.45) is 1.74. The second-order valence-electron chi connectivity index (χ2n) is 6.73. The van der Waals surface area contributed by atoms with E-state index in [1.165, 1.54) is 35.1 Å². The highest BCUT2D eigenvalue weighted by Gasteiger charge is 2.33. The number of amides is 2. The molecule has 8 nitrogen and oxygen atoms in total. The smallest absolute Gasteiger partial charge is 0.270 e. The van der Waals surface area contributed by atoms with Gasteiger partial charge in [0.05, 0.1) is 23.6 Å². The van der Waals surface area contributed by atoms with Crippen LogP contribution in [0.5, 0.6) is 11.5 Å². The number of hydrogen-bond donors (Lipinski definition) is 1. The minimum absolute atomic E-state index is 0.189. The number of ether oxygens (including phenoxy) is 2. The standard InChI is InChI=1S/C22H17ClN4O4S3/c1-30-16-9-13(10-17-20(29)27(22(32)33-17)14-5-3-2-4-6-14)7-8-15(16)31-12-18(28)24-21-26-25-19(11-23)34-21/h2-10H,11-12H2,1H3,(H,24,26,28)/b17-10-. The molecule has 1 fully saturated rings. The van der Waals surface area contributed by atoms with Crippen molar-refractivity contribution in [3.05, 3.63) is 64.0 Å². The first-order valence-corrected chi connectivity index (χ1v) is 12.4. The van der Waals surface area contributed by atoms with Crippen LogP contribution >= 0.6 is 46.9 Å². The van der Waals surface area contributed by atoms with E-state index in [2.05, 4.69) is 15.5 Å². The molecule has 3 aromatic rings. The number of alkyl halides is 1. The number of thioether (sulfide) groups is 1. The molecule has 0 radical (unpaired) electrons. The molecule has 2 aromatic carbocycles. The average Bonchev–Trinajstić information content (AvgIpc) is 3.41. The number of rotatable bonds is 8. The van der Waals surface area contributed by atoms with Crippen molar-refractivity contribution in [3.8, 4) is 11.5 Å². The van der Waals surface area contributed by atoms with Crippen LogP contribution in [0.2, 0.25) is 0 Å². The summed E-state index contributed by atoms with van der Waals surface area (Å²) >= 11 is 13.5. The van der Waals surface area contributed by atoms with Crippen molar-refractivity contribution in [1.82, 2.24) is 10.2 Å². The normalized spacial score (nSPS) is 14.5. The first-order valence-electron chi connectivity index (χ1n) is 9.80. The summed E-state index contributed by atoms with van der Waals surface area (Å²) < 4.78 is 11.5. The van der Waals surface area contributed by atoms with Crippen LogP contribution in [-0.4, -0.2) is 40.0 Å². The summed E-state index contributed by atoms with van der Waals surface area (Å²) in [5.74, 6) is 0.439. The Balaban J connectivity index is 1.43. The Morgan fingerprint density at radius 3 is 2.71 bits per heavy atom. The lowest BCUT2D eigenvalue weighted by Crippen LogP contribution is -2.27. The molecule has 2 amide bonds. The third-order valence-corrected chi connectivity index (χ3v) is 7.03. The summed E-state index contributed by atoms with van der Waals surface area (Å²) in [5.41, 5.74) is 1.45. The zero-order valence-electron chi connectivity index (χ0n) is 17.7. The highest BCUT2D eigenvalue weighted by Crippen LogP contribution is 2.37. The van der Waals surface area contributed by atoms with Crippen LogP contribution < -0.4 is 19.7 Å². The molecule has 0 spiro atoms. The topological polar surface area (TPSA) is 93.6 Å². The number of carbonyl (C=O) groups is 2. The quantitative estimate of drug-likeness (QED) is 0.253. The number of hydrogen-bond acceptors (Lipinski definition) is 9. The Morgan fingerprint density at radius 1 is 1.21 bits per heavy atom. The van der Waals surface area contributed by atoms with Crippen molar-refractivity contribution in [2.75, 3.05) is 23.9 Å². The Bertz CT molecular complexity index is 1270. The number of benzene rings is 2. The van der Waals surface area contributed by atoms with Gasteiger partial charge in [0.25, 0.3) is 11.8 Å². The van der Waals surface area contributed by atoms with Crippen LogP contribution in [0.4, 0.5) is 10.8 Å². The maximum atomic E-state index is 12.9. The van der Waals surface area contributed by atoms with Crippen LogP contribution in [0, 0.1) is 0 Å². The van der Waals surface area contributed by atoms with E-state index in [4.69, 9.17) is 33.3 Å². The number of halogens is 1. The number of nitrogens with zero attached hydrogens (tertiary/aromatic N) is 3. The zero-order chi connectivity index (χ0) is 24.1. The van der Waals surface area contributed by atoms with Crippen molar-refractivity contribution in [1.29, 1.82) is 0 Å². The number of carbonyl (C=O) groups excluding carboxylic acids is 2. The van der Waals surface area contributed by atoms with Gasteiger partial charge in [0, 0.05) is 0 Å². The van der Waals surface area contributed by atoms with Gasteiger partial charge in [-0.05, 0) is 35.9 Å². The SMILES string of the molecule is COc1cc(/C=C2\SC(=S)N(c3ccccc3)C2=O)ccc1OCC(=O)Nc1nnc(CCl)s1. The lowest BCUT2D eigenvalue weighted by Gasteiger charge is -2.13. The first kappa shape index (κ1) is 24.1.